The molecule has 0 atom stereocenters. The molecule has 0 amide bonds. The van der Waals surface area contributed by atoms with Crippen LogP contribution in [-0.2, 0) is 13.5 Å². The van der Waals surface area contributed by atoms with Crippen molar-refractivity contribution in [2.45, 2.75) is 19.8 Å². The van der Waals surface area contributed by atoms with Crippen LogP contribution in [0.15, 0.2) is 0 Å². The number of aryl methyl sites for hydroxylation is 1. The van der Waals surface area contributed by atoms with Crippen LogP contribution in [0.4, 0.5) is 5.95 Å². The molecule has 0 fully saturated rings. The summed E-state index contributed by atoms with van der Waals surface area (Å²) in [5.74, 6) is 0.485. The van der Waals surface area contributed by atoms with E-state index in [2.05, 4.69) is 11.9 Å². The number of hydrogen-bond donors (Lipinski definition) is 1. The van der Waals surface area contributed by atoms with E-state index in [0.29, 0.717) is 11.1 Å². The molecule has 0 aliphatic rings. The fourth-order valence-electron chi connectivity index (χ4n) is 0.949. The highest BCUT2D eigenvalue weighted by Crippen LogP contribution is 2.18. The molecule has 0 aliphatic carbocycles. The van der Waals surface area contributed by atoms with E-state index >= 15 is 0 Å². The monoisotopic (exact) mass is 173 g/mol. The maximum Gasteiger partial charge on any atom is 0.201 e. The summed E-state index contributed by atoms with van der Waals surface area (Å²) >= 11 is 5.91. The molecular weight excluding hydrogens is 162 g/mol. The summed E-state index contributed by atoms with van der Waals surface area (Å²) in [6.45, 7) is 2.08. The van der Waals surface area contributed by atoms with Crippen molar-refractivity contribution in [2.24, 2.45) is 7.05 Å². The molecule has 3 nitrogen and oxygen atoms in total. The van der Waals surface area contributed by atoms with Gasteiger partial charge in [0.15, 0.2) is 0 Å². The number of imidazole rings is 1. The third-order valence-electron chi connectivity index (χ3n) is 1.61. The second kappa shape index (κ2) is 3.13. The quantitative estimate of drug-likeness (QED) is 0.739. The number of rotatable bonds is 2. The van der Waals surface area contributed by atoms with Gasteiger partial charge in [-0.3, -0.25) is 0 Å². The van der Waals surface area contributed by atoms with Crippen LogP contribution in [0.25, 0.3) is 0 Å². The third-order valence-corrected chi connectivity index (χ3v) is 2.08. The minimum atomic E-state index is 0.485. The van der Waals surface area contributed by atoms with Gasteiger partial charge >= 0.3 is 0 Å². The highest BCUT2D eigenvalue weighted by molar-refractivity contribution is 6.30. The number of hydrogen-bond acceptors (Lipinski definition) is 2. The van der Waals surface area contributed by atoms with E-state index in [0.717, 1.165) is 18.5 Å². The Morgan fingerprint density at radius 2 is 2.27 bits per heavy atom. The lowest BCUT2D eigenvalue weighted by Crippen LogP contribution is -1.96. The van der Waals surface area contributed by atoms with Crippen LogP contribution in [0.5, 0.6) is 0 Å². The van der Waals surface area contributed by atoms with Gasteiger partial charge in [-0.25, -0.2) is 4.98 Å². The molecule has 62 valence electrons. The molecule has 0 saturated heterocycles. The van der Waals surface area contributed by atoms with Gasteiger partial charge in [0.2, 0.25) is 5.95 Å². The van der Waals surface area contributed by atoms with E-state index in [1.807, 2.05) is 7.05 Å². The van der Waals surface area contributed by atoms with Crippen LogP contribution >= 0.6 is 11.6 Å². The molecule has 0 spiro atoms. The van der Waals surface area contributed by atoms with E-state index < -0.39 is 0 Å². The molecule has 0 aromatic carbocycles. The molecule has 1 rings (SSSR count). The zero-order valence-electron chi connectivity index (χ0n) is 6.76. The van der Waals surface area contributed by atoms with Crippen LogP contribution < -0.4 is 5.73 Å². The SMILES string of the molecule is CCCc1nc(N)n(C)c1Cl. The van der Waals surface area contributed by atoms with Crippen LogP contribution in [0.1, 0.15) is 19.0 Å². The molecule has 1 aromatic heterocycles. The number of aromatic nitrogens is 2. The Balaban J connectivity index is 2.98. The molecule has 1 aromatic rings. The normalized spacial score (nSPS) is 10.5. The summed E-state index contributed by atoms with van der Waals surface area (Å²) in [4.78, 5) is 4.11. The van der Waals surface area contributed by atoms with Crippen molar-refractivity contribution < 1.29 is 0 Å². The van der Waals surface area contributed by atoms with E-state index in [4.69, 9.17) is 17.3 Å². The summed E-state index contributed by atoms with van der Waals surface area (Å²) in [5, 5.41) is 0.657. The minimum absolute atomic E-state index is 0.485. The maximum absolute atomic E-state index is 5.91. The van der Waals surface area contributed by atoms with Crippen LogP contribution in [-0.4, -0.2) is 9.55 Å². The predicted molar refractivity (Wildman–Crippen MR) is 46.6 cm³/mol. The van der Waals surface area contributed by atoms with Gasteiger partial charge in [0, 0.05) is 7.05 Å². The first-order chi connectivity index (χ1) is 5.16. The maximum atomic E-state index is 5.91. The Morgan fingerprint density at radius 3 is 2.64 bits per heavy atom. The first kappa shape index (κ1) is 8.40. The molecule has 0 radical (unpaired) electrons. The molecule has 0 aliphatic heterocycles. The van der Waals surface area contributed by atoms with Crippen molar-refractivity contribution in [3.05, 3.63) is 10.8 Å². The Kier molecular flexibility index (Phi) is 2.39. The van der Waals surface area contributed by atoms with Gasteiger partial charge in [0.1, 0.15) is 5.15 Å². The van der Waals surface area contributed by atoms with E-state index in [1.54, 1.807) is 4.57 Å². The molecule has 2 N–H and O–H groups in total. The Morgan fingerprint density at radius 1 is 1.64 bits per heavy atom. The van der Waals surface area contributed by atoms with Crippen molar-refractivity contribution in [1.82, 2.24) is 9.55 Å². The zero-order chi connectivity index (χ0) is 8.43. The standard InChI is InChI=1S/C7H12ClN3/c1-3-4-5-6(8)11(2)7(9)10-5/h3-4H2,1-2H3,(H2,9,10). The molecule has 1 heterocycles. The van der Waals surface area contributed by atoms with E-state index in [1.165, 1.54) is 0 Å². The fourth-order valence-corrected chi connectivity index (χ4v) is 1.17. The number of nitrogen functional groups attached to an aromatic ring is 1. The Bertz CT molecular complexity index is 254. The van der Waals surface area contributed by atoms with Gasteiger partial charge in [-0.2, -0.15) is 0 Å². The fraction of sp³-hybridized carbons (Fsp3) is 0.571. The van der Waals surface area contributed by atoms with Gasteiger partial charge in [0.25, 0.3) is 0 Å². The van der Waals surface area contributed by atoms with Crippen molar-refractivity contribution in [3.63, 3.8) is 0 Å². The number of halogens is 1. The van der Waals surface area contributed by atoms with Gasteiger partial charge in [0.05, 0.1) is 5.69 Å². The van der Waals surface area contributed by atoms with Crippen molar-refractivity contribution >= 4 is 17.5 Å². The predicted octanol–water partition coefficient (Wildman–Crippen LogP) is 1.61. The number of nitrogens with two attached hydrogens (primary N) is 1. The third kappa shape index (κ3) is 1.48. The van der Waals surface area contributed by atoms with Gasteiger partial charge in [-0.15, -0.1) is 0 Å². The summed E-state index contributed by atoms with van der Waals surface area (Å²) in [5.41, 5.74) is 6.44. The average molecular weight is 174 g/mol. The van der Waals surface area contributed by atoms with E-state index in [-0.39, 0.29) is 0 Å². The van der Waals surface area contributed by atoms with Crippen molar-refractivity contribution in [2.75, 3.05) is 5.73 Å². The first-order valence-electron chi connectivity index (χ1n) is 3.63. The lowest BCUT2D eigenvalue weighted by atomic mass is 10.3. The van der Waals surface area contributed by atoms with Crippen LogP contribution in [0.3, 0.4) is 0 Å². The lowest BCUT2D eigenvalue weighted by Gasteiger charge is -1.94. The Hall–Kier alpha value is -0.700. The first-order valence-corrected chi connectivity index (χ1v) is 4.01. The average Bonchev–Trinajstić information content (AvgIpc) is 2.19. The van der Waals surface area contributed by atoms with Gasteiger partial charge < -0.3 is 10.3 Å². The highest BCUT2D eigenvalue weighted by Gasteiger charge is 2.08. The highest BCUT2D eigenvalue weighted by atomic mass is 35.5. The van der Waals surface area contributed by atoms with E-state index in [9.17, 15) is 0 Å². The molecule has 0 saturated carbocycles. The molecular formula is C7H12ClN3. The van der Waals surface area contributed by atoms with Crippen molar-refractivity contribution in [3.8, 4) is 0 Å². The number of nitrogens with zero attached hydrogens (tertiary/aromatic N) is 2. The molecule has 0 bridgehead atoms. The smallest absolute Gasteiger partial charge is 0.201 e. The second-order valence-electron chi connectivity index (χ2n) is 2.52. The number of anilines is 1. The molecule has 4 heteroatoms. The van der Waals surface area contributed by atoms with Gasteiger partial charge in [-0.1, -0.05) is 24.9 Å². The Labute approximate surface area is 71.2 Å². The largest absolute Gasteiger partial charge is 0.369 e. The van der Waals surface area contributed by atoms with Crippen LogP contribution in [0.2, 0.25) is 5.15 Å². The summed E-state index contributed by atoms with van der Waals surface area (Å²) in [7, 11) is 1.81. The molecule has 0 unspecified atom stereocenters. The zero-order valence-corrected chi connectivity index (χ0v) is 7.52. The van der Waals surface area contributed by atoms with Crippen LogP contribution in [0, 0.1) is 0 Å². The molecule has 11 heavy (non-hydrogen) atoms. The lowest BCUT2D eigenvalue weighted by molar-refractivity contribution is 0.886. The summed E-state index contributed by atoms with van der Waals surface area (Å²) in [6.07, 6.45) is 1.93. The second-order valence-corrected chi connectivity index (χ2v) is 2.87. The van der Waals surface area contributed by atoms with Gasteiger partial charge in [-0.05, 0) is 6.42 Å². The minimum Gasteiger partial charge on any atom is -0.369 e. The summed E-state index contributed by atoms with van der Waals surface area (Å²) in [6, 6.07) is 0. The summed E-state index contributed by atoms with van der Waals surface area (Å²) < 4.78 is 1.69. The topological polar surface area (TPSA) is 43.8 Å². The van der Waals surface area contributed by atoms with Crippen molar-refractivity contribution in [1.29, 1.82) is 0 Å².